The standard InChI is InChI=1S/C9H12N2O3/c10-9(14)7-2-1-3-11(4-7)5-8(13)6-12/h1-4,8,12-13H,5-6H2,(H-,10,14)/p+1. The molecule has 0 bridgehead atoms. The molecular formula is C9H13N2O3+. The second-order valence-corrected chi connectivity index (χ2v) is 2.99. The van der Waals surface area contributed by atoms with Crippen molar-refractivity contribution in [2.45, 2.75) is 12.6 Å². The van der Waals surface area contributed by atoms with Crippen LogP contribution in [0, 0.1) is 0 Å². The van der Waals surface area contributed by atoms with E-state index in [-0.39, 0.29) is 13.2 Å². The predicted octanol–water partition coefficient (Wildman–Crippen LogP) is -1.57. The average molecular weight is 197 g/mol. The van der Waals surface area contributed by atoms with Gasteiger partial charge >= 0.3 is 0 Å². The Labute approximate surface area is 81.4 Å². The molecule has 0 aliphatic rings. The first-order valence-corrected chi connectivity index (χ1v) is 4.21. The first-order valence-electron chi connectivity index (χ1n) is 4.21. The summed E-state index contributed by atoms with van der Waals surface area (Å²) in [7, 11) is 0. The zero-order valence-corrected chi connectivity index (χ0v) is 7.63. The van der Waals surface area contributed by atoms with Gasteiger partial charge in [-0.3, -0.25) is 4.79 Å². The van der Waals surface area contributed by atoms with Gasteiger partial charge < -0.3 is 15.9 Å². The van der Waals surface area contributed by atoms with Crippen molar-refractivity contribution in [3.63, 3.8) is 0 Å². The number of pyridine rings is 1. The molecule has 0 spiro atoms. The van der Waals surface area contributed by atoms with Crippen molar-refractivity contribution in [1.29, 1.82) is 0 Å². The van der Waals surface area contributed by atoms with Gasteiger partial charge in [0, 0.05) is 6.07 Å². The molecule has 1 aromatic heterocycles. The van der Waals surface area contributed by atoms with Crippen LogP contribution in [-0.4, -0.2) is 28.8 Å². The summed E-state index contributed by atoms with van der Waals surface area (Å²) in [5.74, 6) is -0.516. The number of amides is 1. The van der Waals surface area contributed by atoms with Gasteiger partial charge in [0.1, 0.15) is 11.7 Å². The monoisotopic (exact) mass is 197 g/mol. The van der Waals surface area contributed by atoms with Crippen molar-refractivity contribution >= 4 is 5.91 Å². The smallest absolute Gasteiger partial charge is 0.254 e. The second kappa shape index (κ2) is 4.69. The molecule has 76 valence electrons. The summed E-state index contributed by atoms with van der Waals surface area (Å²) >= 11 is 0. The minimum Gasteiger partial charge on any atom is -0.393 e. The Kier molecular flexibility index (Phi) is 3.55. The third kappa shape index (κ3) is 2.79. The minimum atomic E-state index is -0.830. The molecule has 1 amide bonds. The van der Waals surface area contributed by atoms with E-state index in [4.69, 9.17) is 15.9 Å². The lowest BCUT2D eigenvalue weighted by Crippen LogP contribution is -2.41. The van der Waals surface area contributed by atoms with Gasteiger partial charge in [-0.1, -0.05) is 0 Å². The zero-order chi connectivity index (χ0) is 10.6. The van der Waals surface area contributed by atoms with Gasteiger partial charge in [0.2, 0.25) is 0 Å². The predicted molar refractivity (Wildman–Crippen MR) is 48.2 cm³/mol. The highest BCUT2D eigenvalue weighted by Crippen LogP contribution is 1.92. The van der Waals surface area contributed by atoms with Crippen molar-refractivity contribution in [3.05, 3.63) is 30.1 Å². The first kappa shape index (κ1) is 10.6. The van der Waals surface area contributed by atoms with Gasteiger partial charge in [-0.25, -0.2) is 4.57 Å². The van der Waals surface area contributed by atoms with E-state index in [0.717, 1.165) is 0 Å². The third-order valence-corrected chi connectivity index (χ3v) is 1.78. The molecule has 0 aliphatic carbocycles. The van der Waals surface area contributed by atoms with Gasteiger partial charge in [-0.15, -0.1) is 0 Å². The van der Waals surface area contributed by atoms with Crippen LogP contribution in [0.3, 0.4) is 0 Å². The number of aliphatic hydroxyl groups excluding tert-OH is 2. The molecule has 1 heterocycles. The van der Waals surface area contributed by atoms with Crippen LogP contribution in [0.2, 0.25) is 0 Å². The van der Waals surface area contributed by atoms with Crippen LogP contribution in [0.15, 0.2) is 24.5 Å². The van der Waals surface area contributed by atoms with E-state index in [0.29, 0.717) is 5.56 Å². The minimum absolute atomic E-state index is 0.234. The molecule has 14 heavy (non-hydrogen) atoms. The molecule has 1 rings (SSSR count). The molecule has 1 atom stereocenters. The largest absolute Gasteiger partial charge is 0.393 e. The van der Waals surface area contributed by atoms with Crippen molar-refractivity contribution in [3.8, 4) is 0 Å². The van der Waals surface area contributed by atoms with Crippen LogP contribution in [-0.2, 0) is 6.54 Å². The summed E-state index contributed by atoms with van der Waals surface area (Å²) in [5.41, 5.74) is 5.45. The second-order valence-electron chi connectivity index (χ2n) is 2.99. The van der Waals surface area contributed by atoms with Gasteiger partial charge in [0.15, 0.2) is 18.9 Å². The number of nitrogens with zero attached hydrogens (tertiary/aromatic N) is 1. The lowest BCUT2D eigenvalue weighted by atomic mass is 10.2. The number of primary amides is 1. The lowest BCUT2D eigenvalue weighted by Gasteiger charge is -2.02. The highest BCUT2D eigenvalue weighted by molar-refractivity contribution is 5.92. The first-order chi connectivity index (χ1) is 6.63. The molecule has 1 unspecified atom stereocenters. The number of carbonyl (C=O) groups excluding carboxylic acids is 1. The van der Waals surface area contributed by atoms with Crippen LogP contribution >= 0.6 is 0 Å². The topological polar surface area (TPSA) is 87.4 Å². The van der Waals surface area contributed by atoms with Crippen molar-refractivity contribution in [2.75, 3.05) is 6.61 Å². The number of hydrogen-bond donors (Lipinski definition) is 3. The summed E-state index contributed by atoms with van der Waals surface area (Å²) in [6.45, 7) is -0.0780. The Bertz CT molecular complexity index is 328. The molecule has 0 aromatic carbocycles. The van der Waals surface area contributed by atoms with E-state index in [1.165, 1.54) is 6.20 Å². The summed E-state index contributed by atoms with van der Waals surface area (Å²) in [4.78, 5) is 10.8. The summed E-state index contributed by atoms with van der Waals surface area (Å²) in [6.07, 6.45) is 2.38. The van der Waals surface area contributed by atoms with Gasteiger partial charge in [0.25, 0.3) is 5.91 Å². The van der Waals surface area contributed by atoms with Crippen molar-refractivity contribution < 1.29 is 19.6 Å². The molecule has 0 saturated carbocycles. The molecule has 5 nitrogen and oxygen atoms in total. The van der Waals surface area contributed by atoms with Crippen molar-refractivity contribution in [2.24, 2.45) is 5.73 Å². The Hall–Kier alpha value is -1.46. The Balaban J connectivity index is 2.78. The molecule has 0 saturated heterocycles. The fraction of sp³-hybridized carbons (Fsp3) is 0.333. The quantitative estimate of drug-likeness (QED) is 0.509. The van der Waals surface area contributed by atoms with Gasteiger partial charge in [-0.2, -0.15) is 0 Å². The van der Waals surface area contributed by atoms with E-state index < -0.39 is 12.0 Å². The van der Waals surface area contributed by atoms with Crippen LogP contribution in [0.25, 0.3) is 0 Å². The molecule has 1 aromatic rings. The number of aromatic nitrogens is 1. The number of aliphatic hydroxyl groups is 2. The SMILES string of the molecule is NC(=O)c1ccc[n+](CC(O)CO)c1. The van der Waals surface area contributed by atoms with Crippen LogP contribution in [0.5, 0.6) is 0 Å². The molecule has 0 fully saturated rings. The Morgan fingerprint density at radius 3 is 2.93 bits per heavy atom. The number of hydrogen-bond acceptors (Lipinski definition) is 3. The van der Waals surface area contributed by atoms with Crippen molar-refractivity contribution in [1.82, 2.24) is 0 Å². The zero-order valence-electron chi connectivity index (χ0n) is 7.63. The van der Waals surface area contributed by atoms with E-state index in [9.17, 15) is 4.79 Å². The fourth-order valence-corrected chi connectivity index (χ4v) is 1.08. The average Bonchev–Trinajstić information content (AvgIpc) is 2.18. The third-order valence-electron chi connectivity index (χ3n) is 1.78. The van der Waals surface area contributed by atoms with E-state index >= 15 is 0 Å². The van der Waals surface area contributed by atoms with E-state index in [1.54, 1.807) is 22.9 Å². The molecule has 0 aliphatic heterocycles. The number of nitrogens with two attached hydrogens (primary N) is 1. The van der Waals surface area contributed by atoms with Crippen LogP contribution in [0.4, 0.5) is 0 Å². The maximum absolute atomic E-state index is 10.8. The highest BCUT2D eigenvalue weighted by atomic mass is 16.3. The number of carbonyl (C=O) groups is 1. The molecule has 5 heteroatoms. The highest BCUT2D eigenvalue weighted by Gasteiger charge is 2.11. The summed E-state index contributed by atoms with van der Waals surface area (Å²) in [6, 6.07) is 3.24. The molecule has 4 N–H and O–H groups in total. The van der Waals surface area contributed by atoms with Crippen LogP contribution in [0.1, 0.15) is 10.4 Å². The Morgan fingerprint density at radius 2 is 2.36 bits per heavy atom. The molecule has 0 radical (unpaired) electrons. The number of rotatable bonds is 4. The maximum Gasteiger partial charge on any atom is 0.254 e. The van der Waals surface area contributed by atoms with Gasteiger partial charge in [0.05, 0.1) is 6.61 Å². The molecular weight excluding hydrogens is 184 g/mol. The van der Waals surface area contributed by atoms with E-state index in [2.05, 4.69) is 0 Å². The Morgan fingerprint density at radius 1 is 1.64 bits per heavy atom. The van der Waals surface area contributed by atoms with Crippen LogP contribution < -0.4 is 10.3 Å². The van der Waals surface area contributed by atoms with E-state index in [1.807, 2.05) is 0 Å². The summed E-state index contributed by atoms with van der Waals surface area (Å²) < 4.78 is 1.60. The lowest BCUT2D eigenvalue weighted by molar-refractivity contribution is -0.703. The maximum atomic E-state index is 10.8. The van der Waals surface area contributed by atoms with Gasteiger partial charge in [-0.05, 0) is 6.07 Å². The summed E-state index contributed by atoms with van der Waals surface area (Å²) in [5, 5.41) is 17.8. The fourth-order valence-electron chi connectivity index (χ4n) is 1.08. The normalized spacial score (nSPS) is 12.4.